The van der Waals surface area contributed by atoms with Gasteiger partial charge in [0.05, 0.1) is 24.1 Å². The van der Waals surface area contributed by atoms with Gasteiger partial charge in [-0.3, -0.25) is 19.8 Å². The number of anilines is 1. The van der Waals surface area contributed by atoms with Gasteiger partial charge in [-0.15, -0.1) is 0 Å². The average Bonchev–Trinajstić information content (AvgIpc) is 2.76. The summed E-state index contributed by atoms with van der Waals surface area (Å²) >= 11 is 0. The van der Waals surface area contributed by atoms with Crippen molar-refractivity contribution in [3.63, 3.8) is 0 Å². The molecule has 4 rings (SSSR count). The van der Waals surface area contributed by atoms with Gasteiger partial charge in [-0.25, -0.2) is 0 Å². The fourth-order valence-electron chi connectivity index (χ4n) is 4.91. The summed E-state index contributed by atoms with van der Waals surface area (Å²) in [6.07, 6.45) is 4.73. The first kappa shape index (κ1) is 20.1. The quantitative estimate of drug-likeness (QED) is 0.445. The minimum absolute atomic E-state index is 0.0843. The molecule has 0 aliphatic carbocycles. The van der Waals surface area contributed by atoms with E-state index in [0.29, 0.717) is 13.0 Å². The van der Waals surface area contributed by atoms with Crippen LogP contribution in [0.1, 0.15) is 31.2 Å². The third-order valence-electron chi connectivity index (χ3n) is 6.43. The van der Waals surface area contributed by atoms with E-state index in [1.807, 2.05) is 6.07 Å². The molecule has 3 aliphatic heterocycles. The van der Waals surface area contributed by atoms with Crippen LogP contribution >= 0.6 is 0 Å². The molecule has 1 N–H and O–H groups in total. The maximum atomic E-state index is 13.0. The highest BCUT2D eigenvalue weighted by Gasteiger charge is 2.39. The lowest BCUT2D eigenvalue weighted by atomic mass is 9.80. The number of morpholine rings is 1. The first-order valence-corrected chi connectivity index (χ1v) is 10.8. The molecule has 8 nitrogen and oxygen atoms in total. The molecule has 0 radical (unpaired) electrons. The van der Waals surface area contributed by atoms with E-state index in [2.05, 4.69) is 15.1 Å². The molecule has 2 saturated heterocycles. The number of piperidine rings is 1. The van der Waals surface area contributed by atoms with Crippen molar-refractivity contribution in [1.82, 2.24) is 10.2 Å². The number of carbonyl (C=O) groups excluding carboxylic acids is 1. The summed E-state index contributed by atoms with van der Waals surface area (Å²) in [6.45, 7) is 6.05. The van der Waals surface area contributed by atoms with Gasteiger partial charge in [0.1, 0.15) is 0 Å². The predicted octanol–water partition coefficient (Wildman–Crippen LogP) is 1.96. The molecule has 3 aliphatic rings. The van der Waals surface area contributed by atoms with Gasteiger partial charge in [-0.1, -0.05) is 0 Å². The number of hydrogen-bond acceptors (Lipinski definition) is 6. The van der Waals surface area contributed by atoms with E-state index in [1.165, 1.54) is 0 Å². The maximum absolute atomic E-state index is 13.0. The highest BCUT2D eigenvalue weighted by molar-refractivity contribution is 5.82. The number of amides is 1. The van der Waals surface area contributed by atoms with Crippen LogP contribution in [0, 0.1) is 16.0 Å². The first-order valence-electron chi connectivity index (χ1n) is 10.8. The van der Waals surface area contributed by atoms with Crippen LogP contribution in [-0.4, -0.2) is 67.7 Å². The van der Waals surface area contributed by atoms with E-state index in [0.717, 1.165) is 76.3 Å². The number of hydrogen-bond donors (Lipinski definition) is 1. The Kier molecular flexibility index (Phi) is 6.30. The lowest BCUT2D eigenvalue weighted by molar-refractivity contribution is -0.384. The number of non-ortho nitro benzene ring substituents is 1. The summed E-state index contributed by atoms with van der Waals surface area (Å²) in [7, 11) is 0. The van der Waals surface area contributed by atoms with Gasteiger partial charge in [0.15, 0.2) is 0 Å². The minimum atomic E-state index is -0.358. The van der Waals surface area contributed by atoms with Crippen LogP contribution in [0.15, 0.2) is 18.2 Å². The van der Waals surface area contributed by atoms with Crippen molar-refractivity contribution in [1.29, 1.82) is 0 Å². The molecule has 1 aromatic rings. The van der Waals surface area contributed by atoms with Crippen molar-refractivity contribution in [2.45, 2.75) is 38.1 Å². The number of fused-ring (bicyclic) bond motifs is 3. The average molecular weight is 402 g/mol. The summed E-state index contributed by atoms with van der Waals surface area (Å²) in [6, 6.07) is 5.29. The van der Waals surface area contributed by atoms with Crippen LogP contribution in [0.3, 0.4) is 0 Å². The molecule has 1 amide bonds. The number of nitro benzene ring substituents is 1. The molecule has 1 aromatic carbocycles. The number of nitrogens with one attached hydrogen (secondary N) is 1. The van der Waals surface area contributed by atoms with Crippen LogP contribution in [0.25, 0.3) is 0 Å². The Bertz CT molecular complexity index is 750. The zero-order valence-electron chi connectivity index (χ0n) is 16.8. The van der Waals surface area contributed by atoms with Gasteiger partial charge < -0.3 is 15.0 Å². The van der Waals surface area contributed by atoms with E-state index in [-0.39, 0.29) is 28.5 Å². The number of ether oxygens (including phenoxy) is 1. The Morgan fingerprint density at radius 3 is 2.86 bits per heavy atom. The SMILES string of the molecule is O=C(NCCCN1CCOCC1)C1Cc2cc([N+](=O)[O-])ccc2N2CCCCC12. The molecule has 0 aromatic heterocycles. The summed E-state index contributed by atoms with van der Waals surface area (Å²) in [4.78, 5) is 28.5. The molecule has 2 fully saturated rings. The summed E-state index contributed by atoms with van der Waals surface area (Å²) in [5.74, 6) is -0.0609. The van der Waals surface area contributed by atoms with Crippen LogP contribution in [-0.2, 0) is 16.0 Å². The number of nitro groups is 1. The highest BCUT2D eigenvalue weighted by atomic mass is 16.6. The second-order valence-corrected chi connectivity index (χ2v) is 8.24. The Hall–Kier alpha value is -2.19. The van der Waals surface area contributed by atoms with Crippen molar-refractivity contribution in [2.75, 3.05) is 50.8 Å². The third kappa shape index (κ3) is 4.53. The summed E-state index contributed by atoms with van der Waals surface area (Å²) < 4.78 is 5.37. The fourth-order valence-corrected chi connectivity index (χ4v) is 4.91. The first-order chi connectivity index (χ1) is 14.1. The van der Waals surface area contributed by atoms with E-state index < -0.39 is 0 Å². The van der Waals surface area contributed by atoms with E-state index in [4.69, 9.17) is 4.74 Å². The third-order valence-corrected chi connectivity index (χ3v) is 6.43. The number of rotatable bonds is 6. The van der Waals surface area contributed by atoms with Gasteiger partial charge in [0, 0.05) is 50.0 Å². The zero-order valence-corrected chi connectivity index (χ0v) is 16.8. The molecule has 158 valence electrons. The smallest absolute Gasteiger partial charge is 0.269 e. The monoisotopic (exact) mass is 402 g/mol. The lowest BCUT2D eigenvalue weighted by Gasteiger charge is -2.45. The second-order valence-electron chi connectivity index (χ2n) is 8.24. The van der Waals surface area contributed by atoms with Crippen molar-refractivity contribution >= 4 is 17.3 Å². The molecule has 0 bridgehead atoms. The molecule has 3 heterocycles. The van der Waals surface area contributed by atoms with Gasteiger partial charge in [0.2, 0.25) is 5.91 Å². The standard InChI is InChI=1S/C21H30N4O4/c26-21(22-7-3-8-23-10-12-29-13-11-23)18-15-16-14-17(25(27)28)5-6-19(16)24-9-2-1-4-20(18)24/h5-6,14,18,20H,1-4,7-13,15H2,(H,22,26). The van der Waals surface area contributed by atoms with Crippen molar-refractivity contribution < 1.29 is 14.5 Å². The molecular formula is C21H30N4O4. The number of carbonyl (C=O) groups is 1. The summed E-state index contributed by atoms with van der Waals surface area (Å²) in [5.41, 5.74) is 2.09. The minimum Gasteiger partial charge on any atom is -0.379 e. The Balaban J connectivity index is 1.40. The van der Waals surface area contributed by atoms with Gasteiger partial charge in [0.25, 0.3) is 5.69 Å². The van der Waals surface area contributed by atoms with E-state index in [9.17, 15) is 14.9 Å². The van der Waals surface area contributed by atoms with Gasteiger partial charge >= 0.3 is 0 Å². The molecule has 8 heteroatoms. The van der Waals surface area contributed by atoms with Crippen molar-refractivity contribution in [3.05, 3.63) is 33.9 Å². The van der Waals surface area contributed by atoms with E-state index in [1.54, 1.807) is 12.1 Å². The molecule has 0 saturated carbocycles. The van der Waals surface area contributed by atoms with Crippen LogP contribution in [0.4, 0.5) is 11.4 Å². The second kappa shape index (κ2) is 9.09. The van der Waals surface area contributed by atoms with Crippen molar-refractivity contribution in [2.24, 2.45) is 5.92 Å². The molecule has 29 heavy (non-hydrogen) atoms. The maximum Gasteiger partial charge on any atom is 0.269 e. The van der Waals surface area contributed by atoms with Crippen LogP contribution in [0.2, 0.25) is 0 Å². The lowest BCUT2D eigenvalue weighted by Crippen LogP contribution is -2.53. The topological polar surface area (TPSA) is 88.0 Å². The van der Waals surface area contributed by atoms with Crippen molar-refractivity contribution in [3.8, 4) is 0 Å². The number of nitrogens with zero attached hydrogens (tertiary/aromatic N) is 3. The zero-order chi connectivity index (χ0) is 20.2. The Morgan fingerprint density at radius 2 is 2.07 bits per heavy atom. The van der Waals surface area contributed by atoms with Gasteiger partial charge in [-0.2, -0.15) is 0 Å². The predicted molar refractivity (Wildman–Crippen MR) is 110 cm³/mol. The van der Waals surface area contributed by atoms with Gasteiger partial charge in [-0.05, 0) is 50.3 Å². The normalized spacial score (nSPS) is 24.5. The van der Waals surface area contributed by atoms with E-state index >= 15 is 0 Å². The highest BCUT2D eigenvalue weighted by Crippen LogP contribution is 2.39. The number of benzene rings is 1. The fraction of sp³-hybridized carbons (Fsp3) is 0.667. The molecule has 2 atom stereocenters. The summed E-state index contributed by atoms with van der Waals surface area (Å²) in [5, 5.41) is 14.3. The largest absolute Gasteiger partial charge is 0.379 e. The Labute approximate surface area is 171 Å². The molecule has 0 spiro atoms. The van der Waals surface area contributed by atoms with Crippen LogP contribution in [0.5, 0.6) is 0 Å². The Morgan fingerprint density at radius 1 is 1.24 bits per heavy atom. The van der Waals surface area contributed by atoms with Crippen LogP contribution < -0.4 is 10.2 Å². The molecular weight excluding hydrogens is 372 g/mol. The molecule has 2 unspecified atom stereocenters.